The summed E-state index contributed by atoms with van der Waals surface area (Å²) in [6.45, 7) is 4.42. The lowest BCUT2D eigenvalue weighted by Crippen LogP contribution is -2.43. The van der Waals surface area contributed by atoms with E-state index in [9.17, 15) is 4.79 Å². The second-order valence-corrected chi connectivity index (χ2v) is 5.22. The Bertz CT molecular complexity index is 362. The molecule has 0 aliphatic carbocycles. The molecule has 1 atom stereocenters. The predicted octanol–water partition coefficient (Wildman–Crippen LogP) is 2.01. The molecule has 0 unspecified atom stereocenters. The number of rotatable bonds is 5. The van der Waals surface area contributed by atoms with Crippen molar-refractivity contribution in [3.63, 3.8) is 0 Å². The second kappa shape index (κ2) is 6.67. The third kappa shape index (κ3) is 4.40. The first-order valence-electron chi connectivity index (χ1n) is 5.71. The largest absolute Gasteiger partial charge is 0.351 e. The third-order valence-electron chi connectivity index (χ3n) is 2.65. The lowest BCUT2D eigenvalue weighted by molar-refractivity contribution is -0.123. The Morgan fingerprint density at radius 3 is 2.41 bits per heavy atom. The monoisotopic (exact) mass is 252 g/mol. The molecule has 0 aromatic heterocycles. The number of nitrogens with one attached hydrogen (secondary N) is 1. The van der Waals surface area contributed by atoms with E-state index < -0.39 is 6.04 Å². The molecule has 0 saturated heterocycles. The van der Waals surface area contributed by atoms with Gasteiger partial charge in [0.25, 0.3) is 0 Å². The molecule has 1 aromatic rings. The van der Waals surface area contributed by atoms with E-state index in [1.807, 2.05) is 32.2 Å². The van der Waals surface area contributed by atoms with Crippen molar-refractivity contribution >= 4 is 17.7 Å². The lowest BCUT2D eigenvalue weighted by Gasteiger charge is -2.15. The van der Waals surface area contributed by atoms with Crippen LogP contribution >= 0.6 is 11.8 Å². The summed E-state index contributed by atoms with van der Waals surface area (Å²) in [6.07, 6.45) is 2.04. The first-order chi connectivity index (χ1) is 8.04. The number of hydrogen-bond donors (Lipinski definition) is 2. The van der Waals surface area contributed by atoms with Gasteiger partial charge in [-0.2, -0.15) is 0 Å². The molecule has 1 rings (SSSR count). The van der Waals surface area contributed by atoms with Crippen molar-refractivity contribution in [1.29, 1.82) is 0 Å². The summed E-state index contributed by atoms with van der Waals surface area (Å²) in [6, 6.07) is 7.71. The molecule has 17 heavy (non-hydrogen) atoms. The molecule has 0 bridgehead atoms. The Labute approximate surface area is 107 Å². The number of hydrogen-bond acceptors (Lipinski definition) is 3. The fraction of sp³-hybridized carbons (Fsp3) is 0.462. The highest BCUT2D eigenvalue weighted by molar-refractivity contribution is 7.98. The van der Waals surface area contributed by atoms with E-state index in [1.165, 1.54) is 4.90 Å². The topological polar surface area (TPSA) is 55.1 Å². The lowest BCUT2D eigenvalue weighted by atomic mass is 10.0. The molecule has 0 aliphatic rings. The van der Waals surface area contributed by atoms with Crippen molar-refractivity contribution in [2.24, 2.45) is 11.7 Å². The minimum absolute atomic E-state index is 0.0889. The minimum Gasteiger partial charge on any atom is -0.351 e. The summed E-state index contributed by atoms with van der Waals surface area (Å²) in [4.78, 5) is 12.9. The van der Waals surface area contributed by atoms with Gasteiger partial charge in [-0.25, -0.2) is 0 Å². The van der Waals surface area contributed by atoms with Crippen molar-refractivity contribution in [3.8, 4) is 0 Å². The van der Waals surface area contributed by atoms with Gasteiger partial charge in [-0.3, -0.25) is 4.79 Å². The van der Waals surface area contributed by atoms with E-state index >= 15 is 0 Å². The van der Waals surface area contributed by atoms with E-state index in [0.29, 0.717) is 6.54 Å². The summed E-state index contributed by atoms with van der Waals surface area (Å²) in [5.74, 6) is 0.0720. The van der Waals surface area contributed by atoms with Gasteiger partial charge in [0.05, 0.1) is 6.04 Å². The molecule has 1 amide bonds. The molecular formula is C13H20N2OS. The van der Waals surface area contributed by atoms with Crippen LogP contribution in [0.2, 0.25) is 0 Å². The first-order valence-corrected chi connectivity index (χ1v) is 6.93. The Morgan fingerprint density at radius 1 is 1.35 bits per heavy atom. The summed E-state index contributed by atoms with van der Waals surface area (Å²) < 4.78 is 0. The van der Waals surface area contributed by atoms with E-state index in [1.54, 1.807) is 11.8 Å². The number of carbonyl (C=O) groups is 1. The van der Waals surface area contributed by atoms with Crippen LogP contribution in [-0.2, 0) is 11.3 Å². The molecular weight excluding hydrogens is 232 g/mol. The number of carbonyl (C=O) groups excluding carboxylic acids is 1. The predicted molar refractivity (Wildman–Crippen MR) is 72.9 cm³/mol. The fourth-order valence-electron chi connectivity index (χ4n) is 1.35. The van der Waals surface area contributed by atoms with Gasteiger partial charge in [-0.05, 0) is 29.9 Å². The minimum atomic E-state index is -0.430. The fourth-order valence-corrected chi connectivity index (χ4v) is 1.76. The van der Waals surface area contributed by atoms with Crippen LogP contribution in [-0.4, -0.2) is 18.2 Å². The maximum Gasteiger partial charge on any atom is 0.237 e. The standard InChI is InChI=1S/C13H20N2OS/c1-9(2)12(14)13(16)15-8-10-4-6-11(17-3)7-5-10/h4-7,9,12H,8,14H2,1-3H3,(H,15,16)/t12-/m0/s1. The molecule has 0 saturated carbocycles. The van der Waals surface area contributed by atoms with Crippen LogP contribution in [0, 0.1) is 5.92 Å². The Balaban J connectivity index is 2.47. The van der Waals surface area contributed by atoms with Crippen molar-refractivity contribution in [2.75, 3.05) is 6.26 Å². The van der Waals surface area contributed by atoms with Gasteiger partial charge >= 0.3 is 0 Å². The summed E-state index contributed by atoms with van der Waals surface area (Å²) >= 11 is 1.70. The zero-order chi connectivity index (χ0) is 12.8. The molecule has 3 nitrogen and oxygen atoms in total. The average Bonchev–Trinajstić information content (AvgIpc) is 2.35. The summed E-state index contributed by atoms with van der Waals surface area (Å²) in [5, 5.41) is 2.85. The van der Waals surface area contributed by atoms with E-state index in [-0.39, 0.29) is 11.8 Å². The van der Waals surface area contributed by atoms with E-state index in [2.05, 4.69) is 17.4 Å². The van der Waals surface area contributed by atoms with Crippen molar-refractivity contribution in [3.05, 3.63) is 29.8 Å². The number of nitrogens with two attached hydrogens (primary N) is 1. The molecule has 1 aromatic carbocycles. The van der Waals surface area contributed by atoms with Crippen LogP contribution in [0.15, 0.2) is 29.2 Å². The van der Waals surface area contributed by atoms with Crippen molar-refractivity contribution in [1.82, 2.24) is 5.32 Å². The van der Waals surface area contributed by atoms with Gasteiger partial charge in [0.15, 0.2) is 0 Å². The van der Waals surface area contributed by atoms with E-state index in [4.69, 9.17) is 5.73 Å². The van der Waals surface area contributed by atoms with Crippen LogP contribution in [0.1, 0.15) is 19.4 Å². The van der Waals surface area contributed by atoms with Crippen molar-refractivity contribution in [2.45, 2.75) is 31.3 Å². The smallest absolute Gasteiger partial charge is 0.237 e. The van der Waals surface area contributed by atoms with Crippen LogP contribution < -0.4 is 11.1 Å². The van der Waals surface area contributed by atoms with Gasteiger partial charge in [0.2, 0.25) is 5.91 Å². The van der Waals surface area contributed by atoms with Gasteiger partial charge in [0.1, 0.15) is 0 Å². The van der Waals surface area contributed by atoms with Crippen molar-refractivity contribution < 1.29 is 4.79 Å². The maximum atomic E-state index is 11.6. The molecule has 0 aliphatic heterocycles. The second-order valence-electron chi connectivity index (χ2n) is 4.34. The Kier molecular flexibility index (Phi) is 5.51. The highest BCUT2D eigenvalue weighted by atomic mass is 32.2. The molecule has 0 heterocycles. The zero-order valence-electron chi connectivity index (χ0n) is 10.6. The van der Waals surface area contributed by atoms with Gasteiger partial charge in [0, 0.05) is 11.4 Å². The highest BCUT2D eigenvalue weighted by Gasteiger charge is 2.16. The molecule has 3 N–H and O–H groups in total. The zero-order valence-corrected chi connectivity index (χ0v) is 11.4. The average molecular weight is 252 g/mol. The molecule has 0 fully saturated rings. The third-order valence-corrected chi connectivity index (χ3v) is 3.39. The van der Waals surface area contributed by atoms with Gasteiger partial charge in [-0.15, -0.1) is 11.8 Å². The Hall–Kier alpha value is -1.00. The van der Waals surface area contributed by atoms with Crippen LogP contribution in [0.3, 0.4) is 0 Å². The SMILES string of the molecule is CSc1ccc(CNC(=O)[C@@H](N)C(C)C)cc1. The normalized spacial score (nSPS) is 12.5. The van der Waals surface area contributed by atoms with Crippen LogP contribution in [0.5, 0.6) is 0 Å². The van der Waals surface area contributed by atoms with E-state index in [0.717, 1.165) is 5.56 Å². The van der Waals surface area contributed by atoms with Gasteiger partial charge < -0.3 is 11.1 Å². The quantitative estimate of drug-likeness (QED) is 0.788. The summed E-state index contributed by atoms with van der Waals surface area (Å²) in [7, 11) is 0. The number of amides is 1. The molecule has 4 heteroatoms. The number of benzene rings is 1. The molecule has 94 valence electrons. The molecule has 0 spiro atoms. The summed E-state index contributed by atoms with van der Waals surface area (Å²) in [5.41, 5.74) is 6.84. The van der Waals surface area contributed by atoms with Gasteiger partial charge in [-0.1, -0.05) is 26.0 Å². The first kappa shape index (κ1) is 14.1. The molecule has 0 radical (unpaired) electrons. The highest BCUT2D eigenvalue weighted by Crippen LogP contribution is 2.14. The van der Waals surface area contributed by atoms with Crippen LogP contribution in [0.4, 0.5) is 0 Å². The maximum absolute atomic E-state index is 11.6. The number of thioether (sulfide) groups is 1. The Morgan fingerprint density at radius 2 is 1.94 bits per heavy atom. The van der Waals surface area contributed by atoms with Crippen LogP contribution in [0.25, 0.3) is 0 Å².